The Morgan fingerprint density at radius 2 is 1.82 bits per heavy atom. The van der Waals surface area contributed by atoms with Gasteiger partial charge in [-0.3, -0.25) is 9.78 Å². The van der Waals surface area contributed by atoms with Crippen molar-refractivity contribution in [1.29, 1.82) is 0 Å². The fourth-order valence-electron chi connectivity index (χ4n) is 5.32. The van der Waals surface area contributed by atoms with E-state index in [0.29, 0.717) is 5.56 Å². The number of carbonyl (C=O) groups is 1. The first kappa shape index (κ1) is 21.8. The van der Waals surface area contributed by atoms with Crippen molar-refractivity contribution in [2.75, 3.05) is 0 Å². The molecule has 1 saturated carbocycles. The molecule has 0 spiro atoms. The fourth-order valence-corrected chi connectivity index (χ4v) is 5.47. The summed E-state index contributed by atoms with van der Waals surface area (Å²) in [5.41, 5.74) is 2.30. The highest BCUT2D eigenvalue weighted by Crippen LogP contribution is 2.68. The number of aliphatic hydroxyl groups is 2. The summed E-state index contributed by atoms with van der Waals surface area (Å²) in [7, 11) is 0. The Hall–Kier alpha value is -3.07. The summed E-state index contributed by atoms with van der Waals surface area (Å²) in [5.74, 6) is -2.97. The van der Waals surface area contributed by atoms with Crippen molar-refractivity contribution < 1.29 is 28.5 Å². The first-order valence-corrected chi connectivity index (χ1v) is 10.6. The third-order valence-electron chi connectivity index (χ3n) is 6.66. The number of hydrogen-bond acceptors (Lipinski definition) is 5. The minimum absolute atomic E-state index is 0.0120. The Morgan fingerprint density at radius 3 is 2.42 bits per heavy atom. The van der Waals surface area contributed by atoms with Gasteiger partial charge in [-0.05, 0) is 11.1 Å². The highest BCUT2D eigenvalue weighted by Gasteiger charge is 2.77. The molecular weight excluding hydrogens is 454 g/mol. The average molecular weight is 473 g/mol. The number of hydrogen-bond donors (Lipinski definition) is 3. The minimum Gasteiger partial charge on any atom is -0.476 e. The van der Waals surface area contributed by atoms with Crippen LogP contribution in [0.15, 0.2) is 66.9 Å². The van der Waals surface area contributed by atoms with E-state index in [4.69, 9.17) is 22.1 Å². The third-order valence-corrected chi connectivity index (χ3v) is 6.87. The molecule has 4 N–H and O–H groups in total. The molecule has 6 nitrogen and oxygen atoms in total. The second kappa shape index (κ2) is 7.48. The molecule has 0 radical (unpaired) electrons. The molecule has 1 amide bonds. The summed E-state index contributed by atoms with van der Waals surface area (Å²) < 4.78 is 32.8. The molecule has 5 rings (SSSR count). The molecule has 2 heterocycles. The molecule has 1 aliphatic heterocycles. The van der Waals surface area contributed by atoms with Crippen LogP contribution >= 0.6 is 11.6 Å². The van der Waals surface area contributed by atoms with Crippen LogP contribution in [0.25, 0.3) is 0 Å². The van der Waals surface area contributed by atoms with Gasteiger partial charge in [0.15, 0.2) is 11.2 Å². The first-order valence-electron chi connectivity index (χ1n) is 10.2. The van der Waals surface area contributed by atoms with Gasteiger partial charge in [-0.1, -0.05) is 66.2 Å². The van der Waals surface area contributed by atoms with Crippen molar-refractivity contribution in [1.82, 2.24) is 4.98 Å². The quantitative estimate of drug-likeness (QED) is 0.539. The normalized spacial score (nSPS) is 30.1. The summed E-state index contributed by atoms with van der Waals surface area (Å²) in [4.78, 5) is 16.8. The number of halogens is 3. The maximum Gasteiger partial charge on any atom is 0.263 e. The number of nitrogens with zero attached hydrogens (tertiary/aromatic N) is 1. The summed E-state index contributed by atoms with van der Waals surface area (Å²) in [5, 5.41) is 23.8. The van der Waals surface area contributed by atoms with Gasteiger partial charge in [0.1, 0.15) is 17.5 Å². The number of primary amides is 1. The number of aromatic nitrogens is 1. The van der Waals surface area contributed by atoms with Crippen LogP contribution in [0.1, 0.15) is 34.7 Å². The van der Waals surface area contributed by atoms with E-state index in [1.165, 1.54) is 36.5 Å². The molecule has 3 aromatic rings. The number of alkyl halides is 2. The van der Waals surface area contributed by atoms with Crippen molar-refractivity contribution in [3.8, 4) is 5.75 Å². The molecule has 0 unspecified atom stereocenters. The maximum atomic E-state index is 13.2. The van der Waals surface area contributed by atoms with Crippen LogP contribution in [-0.4, -0.2) is 27.2 Å². The van der Waals surface area contributed by atoms with E-state index in [1.807, 2.05) is 0 Å². The predicted octanol–water partition coefficient (Wildman–Crippen LogP) is 3.41. The number of amides is 1. The molecular formula is C24H19ClF2N2O4. The van der Waals surface area contributed by atoms with Gasteiger partial charge in [-0.2, -0.15) is 0 Å². The van der Waals surface area contributed by atoms with Gasteiger partial charge >= 0.3 is 0 Å². The van der Waals surface area contributed by atoms with E-state index in [0.717, 1.165) is 0 Å². The Morgan fingerprint density at radius 1 is 1.15 bits per heavy atom. The molecule has 9 heteroatoms. The van der Waals surface area contributed by atoms with Crippen LogP contribution in [0.5, 0.6) is 5.75 Å². The Bertz CT molecular complexity index is 1230. The third kappa shape index (κ3) is 2.84. The van der Waals surface area contributed by atoms with Gasteiger partial charge in [0, 0.05) is 23.7 Å². The van der Waals surface area contributed by atoms with E-state index in [9.17, 15) is 23.8 Å². The summed E-state index contributed by atoms with van der Waals surface area (Å²) in [6.07, 6.45) is -3.11. The second-order valence-electron chi connectivity index (χ2n) is 8.29. The van der Waals surface area contributed by atoms with Crippen molar-refractivity contribution in [2.45, 2.75) is 29.6 Å². The Balaban J connectivity index is 1.84. The monoisotopic (exact) mass is 472 g/mol. The molecule has 2 aromatic carbocycles. The standard InChI is InChI=1S/C24H19ClF2N2O4/c25-15-10-16-19(29-11-15)23(32)20(30)17(22(28)31)18(12-4-2-1-3-5-12)24(23,33-16)14-8-6-13(7-9-14)21(26)27/h1-11,17-18,20-21,30,32H,(H2,28,31)/t17-,18-,20-,23+,24+/m1/s1. The number of pyridine rings is 1. The largest absolute Gasteiger partial charge is 0.476 e. The zero-order valence-electron chi connectivity index (χ0n) is 17.0. The van der Waals surface area contributed by atoms with E-state index >= 15 is 0 Å². The SMILES string of the molecule is NC(=O)[C@H]1[C@@H](O)[C@@]2(O)c3ncc(Cl)cc3O[C@@]2(c2ccc(C(F)F)cc2)[C@@H]1c1ccccc1. The zero-order valence-corrected chi connectivity index (χ0v) is 17.8. The van der Waals surface area contributed by atoms with Crippen LogP contribution < -0.4 is 10.5 Å². The fraction of sp³-hybridized carbons (Fsp3) is 0.250. The van der Waals surface area contributed by atoms with Gasteiger partial charge in [0.05, 0.1) is 10.9 Å². The molecule has 2 aliphatic rings. The second-order valence-corrected chi connectivity index (χ2v) is 8.72. The van der Waals surface area contributed by atoms with Crippen molar-refractivity contribution in [3.63, 3.8) is 0 Å². The van der Waals surface area contributed by atoms with Crippen LogP contribution in [0.4, 0.5) is 8.78 Å². The Kier molecular flexibility index (Phi) is 4.93. The lowest BCUT2D eigenvalue weighted by Crippen LogP contribution is -2.52. The smallest absolute Gasteiger partial charge is 0.263 e. The number of fused-ring (bicyclic) bond motifs is 3. The minimum atomic E-state index is -2.70. The summed E-state index contributed by atoms with van der Waals surface area (Å²) in [6, 6.07) is 15.4. The van der Waals surface area contributed by atoms with Gasteiger partial charge in [-0.15, -0.1) is 0 Å². The van der Waals surface area contributed by atoms with Crippen LogP contribution in [-0.2, 0) is 16.0 Å². The molecule has 5 atom stereocenters. The molecule has 1 fully saturated rings. The van der Waals surface area contributed by atoms with Gasteiger partial charge < -0.3 is 20.7 Å². The molecule has 33 heavy (non-hydrogen) atoms. The van der Waals surface area contributed by atoms with Gasteiger partial charge in [0.25, 0.3) is 6.43 Å². The van der Waals surface area contributed by atoms with Crippen molar-refractivity contribution >= 4 is 17.5 Å². The number of ether oxygens (including phenoxy) is 1. The van der Waals surface area contributed by atoms with Crippen molar-refractivity contribution in [3.05, 3.63) is 94.3 Å². The van der Waals surface area contributed by atoms with Gasteiger partial charge in [0.2, 0.25) is 5.91 Å². The number of nitrogens with two attached hydrogens (primary N) is 1. The molecule has 1 aromatic heterocycles. The zero-order chi connectivity index (χ0) is 23.5. The van der Waals surface area contributed by atoms with Crippen molar-refractivity contribution in [2.24, 2.45) is 11.7 Å². The lowest BCUT2D eigenvalue weighted by molar-refractivity contribution is -0.155. The van der Waals surface area contributed by atoms with E-state index in [1.54, 1.807) is 30.3 Å². The average Bonchev–Trinajstić information content (AvgIpc) is 3.17. The van der Waals surface area contributed by atoms with E-state index in [-0.39, 0.29) is 27.6 Å². The predicted molar refractivity (Wildman–Crippen MR) is 115 cm³/mol. The summed E-state index contributed by atoms with van der Waals surface area (Å²) in [6.45, 7) is 0. The lowest BCUT2D eigenvalue weighted by atomic mass is 9.71. The van der Waals surface area contributed by atoms with Crippen LogP contribution in [0.3, 0.4) is 0 Å². The highest BCUT2D eigenvalue weighted by atomic mass is 35.5. The summed E-state index contributed by atoms with van der Waals surface area (Å²) >= 11 is 6.10. The van der Waals surface area contributed by atoms with Crippen LogP contribution in [0, 0.1) is 5.92 Å². The number of aliphatic hydroxyl groups excluding tert-OH is 1. The lowest BCUT2D eigenvalue weighted by Gasteiger charge is -2.40. The van der Waals surface area contributed by atoms with Gasteiger partial charge in [-0.25, -0.2) is 8.78 Å². The number of rotatable bonds is 4. The Labute approximate surface area is 192 Å². The molecule has 170 valence electrons. The first-order chi connectivity index (χ1) is 15.7. The van der Waals surface area contributed by atoms with E-state index in [2.05, 4.69) is 4.98 Å². The molecule has 0 bridgehead atoms. The number of carbonyl (C=O) groups excluding carboxylic acids is 1. The van der Waals surface area contributed by atoms with Crippen LogP contribution in [0.2, 0.25) is 5.02 Å². The molecule has 1 aliphatic carbocycles. The highest BCUT2D eigenvalue weighted by molar-refractivity contribution is 6.30. The number of benzene rings is 2. The van der Waals surface area contributed by atoms with E-state index < -0.39 is 41.5 Å². The topological polar surface area (TPSA) is 106 Å². The maximum absolute atomic E-state index is 13.2. The molecule has 0 saturated heterocycles.